The molecule has 1 amide bonds. The van der Waals surface area contributed by atoms with Crippen molar-refractivity contribution in [2.45, 2.75) is 42.9 Å². The fourth-order valence-electron chi connectivity index (χ4n) is 4.20. The number of hydrogen-bond acceptors (Lipinski definition) is 4. The average Bonchev–Trinajstić information content (AvgIpc) is 3.11. The molecule has 1 aromatic carbocycles. The number of nitrogens with one attached hydrogen (secondary N) is 1. The van der Waals surface area contributed by atoms with Gasteiger partial charge in [0.2, 0.25) is 0 Å². The number of amidine groups is 1. The maximum atomic E-state index is 14.7. The van der Waals surface area contributed by atoms with Crippen LogP contribution < -0.4 is 5.32 Å². The molecule has 27 heavy (non-hydrogen) atoms. The Labute approximate surface area is 158 Å². The monoisotopic (exact) mass is 391 g/mol. The highest BCUT2D eigenvalue weighted by Crippen LogP contribution is 2.47. The van der Waals surface area contributed by atoms with Crippen molar-refractivity contribution in [2.24, 2.45) is 9.36 Å². The number of aliphatic imine (C=N–C) groups is 1. The largest absolute Gasteiger partial charge is 0.465 e. The summed E-state index contributed by atoms with van der Waals surface area (Å²) >= 11 is 0. The van der Waals surface area contributed by atoms with Gasteiger partial charge in [0, 0.05) is 18.2 Å². The highest BCUT2D eigenvalue weighted by Gasteiger charge is 2.55. The van der Waals surface area contributed by atoms with Crippen LogP contribution >= 0.6 is 0 Å². The van der Waals surface area contributed by atoms with Crippen molar-refractivity contribution >= 4 is 21.7 Å². The zero-order valence-corrected chi connectivity index (χ0v) is 16.1. The first-order chi connectivity index (χ1) is 12.7. The van der Waals surface area contributed by atoms with Crippen molar-refractivity contribution in [3.8, 4) is 12.3 Å². The number of carboxylic acid groups (broad SMARTS) is 1. The Hall–Kier alpha value is -2.40. The van der Waals surface area contributed by atoms with Crippen molar-refractivity contribution in [2.75, 3.05) is 12.8 Å². The number of nitrogens with zero attached hydrogens (tertiary/aromatic N) is 2. The van der Waals surface area contributed by atoms with Gasteiger partial charge in [0.1, 0.15) is 21.9 Å². The highest BCUT2D eigenvalue weighted by atomic mass is 32.2. The lowest BCUT2D eigenvalue weighted by Gasteiger charge is -2.43. The first-order valence-corrected chi connectivity index (χ1v) is 10.4. The summed E-state index contributed by atoms with van der Waals surface area (Å²) in [4.78, 5) is 16.0. The SMILES string of the molecule is C#Cc1ccc(F)c([C@]2(C)CS(=O)(=NC)C3(CCCC3)C(NC(=O)O)=N2)c1. The summed E-state index contributed by atoms with van der Waals surface area (Å²) in [5.74, 6) is 2.05. The van der Waals surface area contributed by atoms with Crippen LogP contribution in [-0.2, 0) is 15.3 Å². The molecule has 0 bridgehead atoms. The smallest absolute Gasteiger partial charge is 0.410 e. The minimum atomic E-state index is -2.91. The minimum Gasteiger partial charge on any atom is -0.465 e. The zero-order chi connectivity index (χ0) is 19.9. The Morgan fingerprint density at radius 1 is 1.44 bits per heavy atom. The molecule has 1 aliphatic heterocycles. The van der Waals surface area contributed by atoms with Crippen molar-refractivity contribution in [1.29, 1.82) is 0 Å². The van der Waals surface area contributed by atoms with Crippen molar-refractivity contribution in [3.05, 3.63) is 35.1 Å². The summed E-state index contributed by atoms with van der Waals surface area (Å²) in [7, 11) is -1.43. The summed E-state index contributed by atoms with van der Waals surface area (Å²) in [5.41, 5.74) is -0.595. The second kappa shape index (κ2) is 6.64. The van der Waals surface area contributed by atoms with E-state index in [9.17, 15) is 18.5 Å². The quantitative estimate of drug-likeness (QED) is 0.721. The first kappa shape index (κ1) is 19.4. The molecule has 1 aromatic rings. The van der Waals surface area contributed by atoms with E-state index in [2.05, 4.69) is 20.6 Å². The molecule has 3 rings (SSSR count). The second-order valence-corrected chi connectivity index (χ2v) is 9.89. The van der Waals surface area contributed by atoms with Crippen LogP contribution in [0.25, 0.3) is 0 Å². The number of benzene rings is 1. The third kappa shape index (κ3) is 3.00. The molecule has 1 spiro atoms. The van der Waals surface area contributed by atoms with E-state index >= 15 is 0 Å². The topological polar surface area (TPSA) is 91.1 Å². The number of carbonyl (C=O) groups is 1. The van der Waals surface area contributed by atoms with Crippen LogP contribution in [0, 0.1) is 18.2 Å². The van der Waals surface area contributed by atoms with Crippen molar-refractivity contribution in [3.63, 3.8) is 0 Å². The van der Waals surface area contributed by atoms with Crippen LogP contribution in [0.1, 0.15) is 43.7 Å². The molecule has 2 N–H and O–H groups in total. The molecule has 0 radical (unpaired) electrons. The Morgan fingerprint density at radius 2 is 2.11 bits per heavy atom. The van der Waals surface area contributed by atoms with Gasteiger partial charge in [-0.2, -0.15) is 0 Å². The lowest BCUT2D eigenvalue weighted by Crippen LogP contribution is -2.59. The number of halogens is 1. The van der Waals surface area contributed by atoms with Gasteiger partial charge in [0.05, 0.1) is 15.5 Å². The van der Waals surface area contributed by atoms with Gasteiger partial charge < -0.3 is 5.11 Å². The Kier molecular flexibility index (Phi) is 4.76. The molecule has 0 aromatic heterocycles. The lowest BCUT2D eigenvalue weighted by molar-refractivity contribution is 0.199. The maximum absolute atomic E-state index is 14.7. The third-order valence-corrected chi connectivity index (χ3v) is 8.89. The summed E-state index contributed by atoms with van der Waals surface area (Å²) < 4.78 is 31.9. The fraction of sp³-hybridized carbons (Fsp3) is 0.474. The van der Waals surface area contributed by atoms with E-state index in [4.69, 9.17) is 6.42 Å². The van der Waals surface area contributed by atoms with Crippen LogP contribution in [0.4, 0.5) is 9.18 Å². The van der Waals surface area contributed by atoms with E-state index < -0.39 is 31.9 Å². The molecular formula is C19H22FN3O3S. The van der Waals surface area contributed by atoms with Gasteiger partial charge in [-0.3, -0.25) is 10.3 Å². The van der Waals surface area contributed by atoms with Gasteiger partial charge in [-0.05, 0) is 38.0 Å². The second-order valence-electron chi connectivity index (χ2n) is 7.17. The molecule has 1 saturated carbocycles. The molecule has 8 heteroatoms. The molecule has 1 fully saturated rings. The van der Waals surface area contributed by atoms with Crippen LogP contribution in [0.2, 0.25) is 0 Å². The van der Waals surface area contributed by atoms with Gasteiger partial charge in [-0.15, -0.1) is 6.42 Å². The summed E-state index contributed by atoms with van der Waals surface area (Å²) in [6.07, 6.45) is 6.83. The van der Waals surface area contributed by atoms with Crippen molar-refractivity contribution in [1.82, 2.24) is 5.32 Å². The van der Waals surface area contributed by atoms with Crippen LogP contribution in [0.5, 0.6) is 0 Å². The molecule has 1 heterocycles. The lowest BCUT2D eigenvalue weighted by atomic mass is 9.91. The van der Waals surface area contributed by atoms with Crippen molar-refractivity contribution < 1.29 is 18.5 Å². The predicted molar refractivity (Wildman–Crippen MR) is 103 cm³/mol. The standard InChI is InChI=1S/C19H22FN3O3S/c1-4-13-7-8-15(20)14(11-13)18(2)12-27(26,21-3)19(9-5-6-10-19)16(23-18)22-17(24)25/h1,7-8,11H,5-6,9-10,12H2,2-3H3,(H,22,23)(H,24,25)/t18-,27?/m0/s1. The number of terminal acetylenes is 1. The fourth-order valence-corrected chi connectivity index (χ4v) is 7.26. The molecule has 2 aliphatic rings. The molecular weight excluding hydrogens is 369 g/mol. The molecule has 6 nitrogen and oxygen atoms in total. The van der Waals surface area contributed by atoms with Gasteiger partial charge in [-0.1, -0.05) is 18.8 Å². The number of amides is 1. The normalized spacial score (nSPS) is 29.0. The summed E-state index contributed by atoms with van der Waals surface area (Å²) in [6.45, 7) is 1.64. The molecule has 144 valence electrons. The molecule has 0 saturated heterocycles. The van der Waals surface area contributed by atoms with E-state index in [-0.39, 0.29) is 17.2 Å². The van der Waals surface area contributed by atoms with E-state index in [1.54, 1.807) is 6.92 Å². The first-order valence-electron chi connectivity index (χ1n) is 8.69. The van der Waals surface area contributed by atoms with E-state index in [0.29, 0.717) is 18.4 Å². The van der Waals surface area contributed by atoms with Crippen LogP contribution in [-0.4, -0.2) is 38.8 Å². The highest BCUT2D eigenvalue weighted by molar-refractivity contribution is 7.95. The Morgan fingerprint density at radius 3 is 2.67 bits per heavy atom. The molecule has 1 aliphatic carbocycles. The average molecular weight is 391 g/mol. The molecule has 2 atom stereocenters. The zero-order valence-electron chi connectivity index (χ0n) is 15.3. The number of rotatable bonds is 1. The number of hydrogen-bond donors (Lipinski definition) is 2. The van der Waals surface area contributed by atoms with E-state index in [1.807, 2.05) is 0 Å². The Balaban J connectivity index is 2.28. The Bertz CT molecular complexity index is 982. The predicted octanol–water partition coefficient (Wildman–Crippen LogP) is 3.11. The van der Waals surface area contributed by atoms with E-state index in [0.717, 1.165) is 12.8 Å². The maximum Gasteiger partial charge on any atom is 0.410 e. The van der Waals surface area contributed by atoms with Gasteiger partial charge >= 0.3 is 6.09 Å². The minimum absolute atomic E-state index is 0.00619. The van der Waals surface area contributed by atoms with E-state index in [1.165, 1.54) is 25.2 Å². The van der Waals surface area contributed by atoms with Gasteiger partial charge in [-0.25, -0.2) is 17.8 Å². The van der Waals surface area contributed by atoms with Gasteiger partial charge in [0.25, 0.3) is 0 Å². The van der Waals surface area contributed by atoms with Crippen LogP contribution in [0.3, 0.4) is 0 Å². The van der Waals surface area contributed by atoms with Crippen LogP contribution in [0.15, 0.2) is 27.6 Å². The van der Waals surface area contributed by atoms with Gasteiger partial charge in [0.15, 0.2) is 0 Å². The third-order valence-electron chi connectivity index (χ3n) is 5.52. The summed E-state index contributed by atoms with van der Waals surface area (Å²) in [6, 6.07) is 4.23. The molecule has 1 unspecified atom stereocenters. The summed E-state index contributed by atoms with van der Waals surface area (Å²) in [5, 5.41) is 11.7.